The number of rotatable bonds is 1. The molecule has 1 amide bonds. The molecule has 2 aliphatic rings. The maximum absolute atomic E-state index is 12.9. The quantitative estimate of drug-likeness (QED) is 0.691. The SMILES string of the molecule is O=C(C1CCCCO1)N1CCC(F)(F)CC1. The molecule has 0 N–H and O–H groups in total. The number of likely N-dealkylation sites (tertiary alicyclic amines) is 1. The van der Waals surface area contributed by atoms with E-state index < -0.39 is 5.92 Å². The molecular formula is C11H17F2NO2. The zero-order valence-corrected chi connectivity index (χ0v) is 9.25. The van der Waals surface area contributed by atoms with Crippen LogP contribution in [0.1, 0.15) is 32.1 Å². The standard InChI is InChI=1S/C11H17F2NO2/c12-11(13)4-6-14(7-5-11)10(15)9-3-1-2-8-16-9/h9H,1-8H2. The highest BCUT2D eigenvalue weighted by atomic mass is 19.3. The van der Waals surface area contributed by atoms with E-state index in [-0.39, 0.29) is 37.9 Å². The maximum atomic E-state index is 12.9. The fraction of sp³-hybridized carbons (Fsp3) is 0.909. The van der Waals surface area contributed by atoms with Gasteiger partial charge in [-0.25, -0.2) is 8.78 Å². The second-order valence-corrected chi connectivity index (χ2v) is 4.54. The van der Waals surface area contributed by atoms with E-state index in [9.17, 15) is 13.6 Å². The van der Waals surface area contributed by atoms with E-state index in [1.54, 1.807) is 0 Å². The summed E-state index contributed by atoms with van der Waals surface area (Å²) in [6.07, 6.45) is 1.88. The first kappa shape index (κ1) is 11.8. The summed E-state index contributed by atoms with van der Waals surface area (Å²) in [5.74, 6) is -2.69. The van der Waals surface area contributed by atoms with Crippen molar-refractivity contribution in [3.63, 3.8) is 0 Å². The van der Waals surface area contributed by atoms with Crippen LogP contribution in [0.15, 0.2) is 0 Å². The van der Waals surface area contributed by atoms with Gasteiger partial charge in [-0.2, -0.15) is 0 Å². The molecule has 1 unspecified atom stereocenters. The molecule has 2 rings (SSSR count). The molecule has 0 aliphatic carbocycles. The predicted molar refractivity (Wildman–Crippen MR) is 54.4 cm³/mol. The van der Waals surface area contributed by atoms with Crippen molar-refractivity contribution >= 4 is 5.91 Å². The monoisotopic (exact) mass is 233 g/mol. The Morgan fingerprint density at radius 2 is 1.94 bits per heavy atom. The van der Waals surface area contributed by atoms with Crippen molar-refractivity contribution in [2.75, 3.05) is 19.7 Å². The fourth-order valence-electron chi connectivity index (χ4n) is 2.19. The van der Waals surface area contributed by atoms with E-state index in [0.717, 1.165) is 19.3 Å². The lowest BCUT2D eigenvalue weighted by atomic mass is 10.0. The van der Waals surface area contributed by atoms with Crippen molar-refractivity contribution in [2.24, 2.45) is 0 Å². The number of alkyl halides is 2. The van der Waals surface area contributed by atoms with Crippen LogP contribution in [0.25, 0.3) is 0 Å². The highest BCUT2D eigenvalue weighted by Crippen LogP contribution is 2.28. The second kappa shape index (κ2) is 4.65. The Kier molecular flexibility index (Phi) is 3.42. The fourth-order valence-corrected chi connectivity index (χ4v) is 2.19. The summed E-state index contributed by atoms with van der Waals surface area (Å²) in [6, 6.07) is 0. The molecule has 0 radical (unpaired) electrons. The van der Waals surface area contributed by atoms with E-state index in [0.29, 0.717) is 6.61 Å². The van der Waals surface area contributed by atoms with Crippen LogP contribution in [0.4, 0.5) is 8.78 Å². The summed E-state index contributed by atoms with van der Waals surface area (Å²) in [5, 5.41) is 0. The zero-order valence-electron chi connectivity index (χ0n) is 9.25. The topological polar surface area (TPSA) is 29.5 Å². The molecule has 92 valence electrons. The molecule has 0 aromatic rings. The average molecular weight is 233 g/mol. The van der Waals surface area contributed by atoms with Gasteiger partial charge >= 0.3 is 0 Å². The number of nitrogens with zero attached hydrogens (tertiary/aromatic N) is 1. The third-order valence-electron chi connectivity index (χ3n) is 3.26. The molecular weight excluding hydrogens is 216 g/mol. The van der Waals surface area contributed by atoms with Crippen molar-refractivity contribution in [3.05, 3.63) is 0 Å². The van der Waals surface area contributed by atoms with Crippen LogP contribution < -0.4 is 0 Å². The highest BCUT2D eigenvalue weighted by molar-refractivity contribution is 5.81. The van der Waals surface area contributed by atoms with Gasteiger partial charge in [-0.05, 0) is 19.3 Å². The minimum atomic E-state index is -2.59. The summed E-state index contributed by atoms with van der Waals surface area (Å²) in [4.78, 5) is 13.4. The molecule has 0 spiro atoms. The zero-order chi connectivity index (χ0) is 11.6. The van der Waals surface area contributed by atoms with E-state index >= 15 is 0 Å². The normalized spacial score (nSPS) is 30.1. The van der Waals surface area contributed by atoms with Gasteiger partial charge in [0, 0.05) is 32.5 Å². The Hall–Kier alpha value is -0.710. The molecule has 5 heteroatoms. The summed E-state index contributed by atoms with van der Waals surface area (Å²) in [5.41, 5.74) is 0. The van der Waals surface area contributed by atoms with Gasteiger partial charge in [0.15, 0.2) is 0 Å². The molecule has 0 saturated carbocycles. The molecule has 2 fully saturated rings. The van der Waals surface area contributed by atoms with Crippen molar-refractivity contribution in [1.29, 1.82) is 0 Å². The predicted octanol–water partition coefficient (Wildman–Crippen LogP) is 1.81. The first-order valence-corrected chi connectivity index (χ1v) is 5.87. The van der Waals surface area contributed by atoms with Crippen LogP contribution in [0.3, 0.4) is 0 Å². The van der Waals surface area contributed by atoms with Gasteiger partial charge in [0.1, 0.15) is 6.10 Å². The van der Waals surface area contributed by atoms with E-state index in [1.165, 1.54) is 4.90 Å². The summed E-state index contributed by atoms with van der Waals surface area (Å²) in [6.45, 7) is 0.928. The van der Waals surface area contributed by atoms with E-state index in [4.69, 9.17) is 4.74 Å². The number of hydrogen-bond donors (Lipinski definition) is 0. The minimum absolute atomic E-state index is 0.102. The number of halogens is 2. The number of ether oxygens (including phenoxy) is 1. The lowest BCUT2D eigenvalue weighted by molar-refractivity contribution is -0.152. The molecule has 2 saturated heterocycles. The van der Waals surface area contributed by atoms with Crippen LogP contribution in [0.5, 0.6) is 0 Å². The lowest BCUT2D eigenvalue weighted by Crippen LogP contribution is -2.48. The van der Waals surface area contributed by atoms with Crippen LogP contribution >= 0.6 is 0 Å². The van der Waals surface area contributed by atoms with Crippen LogP contribution in [-0.4, -0.2) is 42.5 Å². The third-order valence-corrected chi connectivity index (χ3v) is 3.26. The number of hydrogen-bond acceptors (Lipinski definition) is 2. The number of amides is 1. The van der Waals surface area contributed by atoms with Crippen LogP contribution in [0, 0.1) is 0 Å². The van der Waals surface area contributed by atoms with Crippen molar-refractivity contribution < 1.29 is 18.3 Å². The summed E-state index contributed by atoms with van der Waals surface area (Å²) >= 11 is 0. The Bertz CT molecular complexity index is 255. The van der Waals surface area contributed by atoms with Gasteiger partial charge in [-0.3, -0.25) is 4.79 Å². The highest BCUT2D eigenvalue weighted by Gasteiger charge is 2.37. The van der Waals surface area contributed by atoms with Gasteiger partial charge in [0.25, 0.3) is 11.8 Å². The number of carbonyl (C=O) groups is 1. The first-order chi connectivity index (χ1) is 7.58. The molecule has 1 atom stereocenters. The van der Waals surface area contributed by atoms with Crippen LogP contribution in [-0.2, 0) is 9.53 Å². The Morgan fingerprint density at radius 3 is 2.50 bits per heavy atom. The van der Waals surface area contributed by atoms with Crippen LogP contribution in [0.2, 0.25) is 0 Å². The third kappa shape index (κ3) is 2.70. The smallest absolute Gasteiger partial charge is 0.251 e. The molecule has 16 heavy (non-hydrogen) atoms. The minimum Gasteiger partial charge on any atom is -0.368 e. The molecule has 2 aliphatic heterocycles. The molecule has 2 heterocycles. The maximum Gasteiger partial charge on any atom is 0.251 e. The average Bonchev–Trinajstić information content (AvgIpc) is 2.29. The van der Waals surface area contributed by atoms with E-state index in [2.05, 4.69) is 0 Å². The molecule has 3 nitrogen and oxygen atoms in total. The molecule has 0 bridgehead atoms. The van der Waals surface area contributed by atoms with Gasteiger partial charge in [-0.15, -0.1) is 0 Å². The number of carbonyl (C=O) groups excluding carboxylic acids is 1. The van der Waals surface area contributed by atoms with Crippen molar-refractivity contribution in [3.8, 4) is 0 Å². The largest absolute Gasteiger partial charge is 0.368 e. The van der Waals surface area contributed by atoms with Gasteiger partial charge in [0.05, 0.1) is 0 Å². The second-order valence-electron chi connectivity index (χ2n) is 4.54. The van der Waals surface area contributed by atoms with Gasteiger partial charge in [0.2, 0.25) is 0 Å². The number of piperidine rings is 1. The van der Waals surface area contributed by atoms with Gasteiger partial charge < -0.3 is 9.64 Å². The first-order valence-electron chi connectivity index (χ1n) is 5.87. The van der Waals surface area contributed by atoms with E-state index in [1.807, 2.05) is 0 Å². The Morgan fingerprint density at radius 1 is 1.25 bits per heavy atom. The summed E-state index contributed by atoms with van der Waals surface area (Å²) in [7, 11) is 0. The van der Waals surface area contributed by atoms with Crippen molar-refractivity contribution in [1.82, 2.24) is 4.90 Å². The Balaban J connectivity index is 1.86. The lowest BCUT2D eigenvalue weighted by Gasteiger charge is -2.34. The summed E-state index contributed by atoms with van der Waals surface area (Å²) < 4.78 is 31.2. The Labute approximate surface area is 93.7 Å². The van der Waals surface area contributed by atoms with Gasteiger partial charge in [-0.1, -0.05) is 0 Å². The molecule has 0 aromatic carbocycles. The van der Waals surface area contributed by atoms with Crippen molar-refractivity contribution in [2.45, 2.75) is 44.1 Å². The molecule has 0 aromatic heterocycles.